The van der Waals surface area contributed by atoms with E-state index in [4.69, 9.17) is 0 Å². The minimum atomic E-state index is -0.962. The lowest BCUT2D eigenvalue weighted by atomic mass is 10.1. The summed E-state index contributed by atoms with van der Waals surface area (Å²) in [7, 11) is 1.48. The number of hydrogen-bond donors (Lipinski definition) is 1. The molecular formula is C15H18N2O4. The first kappa shape index (κ1) is 16.6. The maximum atomic E-state index is 12.2. The number of likely N-dealkylation sites (tertiary alicyclic amines) is 1. The maximum Gasteiger partial charge on any atom is 0.262 e. The molecule has 112 valence electrons. The fourth-order valence-corrected chi connectivity index (χ4v) is 1.94. The van der Waals surface area contributed by atoms with Gasteiger partial charge in [-0.05, 0) is 19.4 Å². The van der Waals surface area contributed by atoms with Crippen molar-refractivity contribution in [2.24, 2.45) is 0 Å². The molecule has 0 aliphatic carbocycles. The number of carbonyl (C=O) groups is 4. The zero-order valence-electron chi connectivity index (χ0n) is 12.1. The molecule has 6 nitrogen and oxygen atoms in total. The summed E-state index contributed by atoms with van der Waals surface area (Å²) in [5, 5.41) is 2.42. The number of allylic oxidation sites excluding steroid dienone is 3. The summed E-state index contributed by atoms with van der Waals surface area (Å²) in [5.41, 5.74) is 0.231. The number of rotatable bonds is 6. The second kappa shape index (κ2) is 7.33. The van der Waals surface area contributed by atoms with Crippen molar-refractivity contribution in [2.45, 2.75) is 25.8 Å². The predicted molar refractivity (Wildman–Crippen MR) is 77.0 cm³/mol. The maximum absolute atomic E-state index is 12.2. The molecule has 0 aromatic rings. The molecule has 0 bridgehead atoms. The van der Waals surface area contributed by atoms with Crippen molar-refractivity contribution < 1.29 is 19.2 Å². The van der Waals surface area contributed by atoms with E-state index in [0.717, 1.165) is 4.90 Å². The zero-order chi connectivity index (χ0) is 16.0. The SMILES string of the molecule is C=C1C(=O)N(C(C=O)CCC(=O)NC)C(=O)/C1=C/C=C\C. The highest BCUT2D eigenvalue weighted by molar-refractivity contribution is 6.25. The monoisotopic (exact) mass is 290 g/mol. The van der Waals surface area contributed by atoms with Gasteiger partial charge >= 0.3 is 0 Å². The van der Waals surface area contributed by atoms with Gasteiger partial charge in [-0.25, -0.2) is 0 Å². The molecule has 1 atom stereocenters. The molecular weight excluding hydrogens is 272 g/mol. The minimum absolute atomic E-state index is 0.0529. The van der Waals surface area contributed by atoms with E-state index in [1.54, 1.807) is 19.1 Å². The first-order valence-corrected chi connectivity index (χ1v) is 6.53. The highest BCUT2D eigenvalue weighted by Gasteiger charge is 2.41. The Morgan fingerprint density at radius 2 is 2.05 bits per heavy atom. The lowest BCUT2D eigenvalue weighted by Gasteiger charge is -2.20. The summed E-state index contributed by atoms with van der Waals surface area (Å²) in [6.45, 7) is 5.36. The Balaban J connectivity index is 2.97. The summed E-state index contributed by atoms with van der Waals surface area (Å²) in [6.07, 6.45) is 5.47. The summed E-state index contributed by atoms with van der Waals surface area (Å²) in [4.78, 5) is 47.6. The average Bonchev–Trinajstić information content (AvgIpc) is 2.69. The number of nitrogens with one attached hydrogen (secondary N) is 1. The van der Waals surface area contributed by atoms with E-state index in [1.165, 1.54) is 13.1 Å². The summed E-state index contributed by atoms with van der Waals surface area (Å²) >= 11 is 0. The van der Waals surface area contributed by atoms with Crippen LogP contribution < -0.4 is 5.32 Å². The van der Waals surface area contributed by atoms with Crippen molar-refractivity contribution in [2.75, 3.05) is 7.05 Å². The van der Waals surface area contributed by atoms with Crippen LogP contribution in [-0.2, 0) is 19.2 Å². The van der Waals surface area contributed by atoms with Gasteiger partial charge in [0.15, 0.2) is 0 Å². The molecule has 1 aliphatic rings. The van der Waals surface area contributed by atoms with Crippen molar-refractivity contribution in [1.82, 2.24) is 10.2 Å². The third-order valence-corrected chi connectivity index (χ3v) is 3.14. The molecule has 1 fully saturated rings. The van der Waals surface area contributed by atoms with Crippen LogP contribution in [0, 0.1) is 0 Å². The van der Waals surface area contributed by atoms with Gasteiger partial charge in [0.25, 0.3) is 11.8 Å². The van der Waals surface area contributed by atoms with E-state index >= 15 is 0 Å². The van der Waals surface area contributed by atoms with E-state index in [0.29, 0.717) is 6.29 Å². The second-order valence-electron chi connectivity index (χ2n) is 4.48. The van der Waals surface area contributed by atoms with Gasteiger partial charge in [0.1, 0.15) is 6.29 Å². The van der Waals surface area contributed by atoms with Gasteiger partial charge < -0.3 is 10.1 Å². The van der Waals surface area contributed by atoms with Crippen LogP contribution in [0.15, 0.2) is 36.0 Å². The fourth-order valence-electron chi connectivity index (χ4n) is 1.94. The van der Waals surface area contributed by atoms with Crippen LogP contribution >= 0.6 is 0 Å². The van der Waals surface area contributed by atoms with Crippen LogP contribution in [0.4, 0.5) is 0 Å². The Labute approximate surface area is 123 Å². The van der Waals surface area contributed by atoms with E-state index in [-0.39, 0.29) is 29.9 Å². The van der Waals surface area contributed by atoms with Crippen LogP contribution in [0.5, 0.6) is 0 Å². The van der Waals surface area contributed by atoms with Crippen molar-refractivity contribution in [3.8, 4) is 0 Å². The fraction of sp³-hybridized carbons (Fsp3) is 0.333. The number of amides is 3. The molecule has 3 amide bonds. The lowest BCUT2D eigenvalue weighted by molar-refractivity contribution is -0.142. The lowest BCUT2D eigenvalue weighted by Crippen LogP contribution is -2.41. The summed E-state index contributed by atoms with van der Waals surface area (Å²) < 4.78 is 0. The van der Waals surface area contributed by atoms with Gasteiger partial charge in [-0.15, -0.1) is 0 Å². The summed E-state index contributed by atoms with van der Waals surface area (Å²) in [5.74, 6) is -1.41. The van der Waals surface area contributed by atoms with Crippen molar-refractivity contribution in [3.05, 3.63) is 36.0 Å². The third-order valence-electron chi connectivity index (χ3n) is 3.14. The van der Waals surface area contributed by atoms with Gasteiger partial charge in [0, 0.05) is 19.0 Å². The molecule has 21 heavy (non-hydrogen) atoms. The van der Waals surface area contributed by atoms with Crippen LogP contribution in [0.2, 0.25) is 0 Å². The van der Waals surface area contributed by atoms with Crippen molar-refractivity contribution >= 4 is 24.0 Å². The molecule has 0 saturated carbocycles. The molecule has 0 aromatic heterocycles. The van der Waals surface area contributed by atoms with E-state index < -0.39 is 17.9 Å². The molecule has 1 unspecified atom stereocenters. The molecule has 1 rings (SSSR count). The van der Waals surface area contributed by atoms with Crippen molar-refractivity contribution in [3.63, 3.8) is 0 Å². The Bertz CT molecular complexity index is 546. The Hall–Kier alpha value is -2.50. The number of nitrogens with zero attached hydrogens (tertiary/aromatic N) is 1. The summed E-state index contributed by atoms with van der Waals surface area (Å²) in [6, 6.07) is -0.962. The van der Waals surface area contributed by atoms with Crippen LogP contribution in [-0.4, -0.2) is 42.0 Å². The zero-order valence-corrected chi connectivity index (χ0v) is 12.1. The average molecular weight is 290 g/mol. The number of aldehydes is 1. The van der Waals surface area contributed by atoms with E-state index in [9.17, 15) is 19.2 Å². The molecule has 1 N–H and O–H groups in total. The first-order chi connectivity index (χ1) is 9.97. The highest BCUT2D eigenvalue weighted by Crippen LogP contribution is 2.26. The first-order valence-electron chi connectivity index (χ1n) is 6.53. The smallest absolute Gasteiger partial charge is 0.262 e. The minimum Gasteiger partial charge on any atom is -0.359 e. The molecule has 1 heterocycles. The third kappa shape index (κ3) is 3.53. The van der Waals surface area contributed by atoms with Crippen molar-refractivity contribution in [1.29, 1.82) is 0 Å². The van der Waals surface area contributed by atoms with Crippen LogP contribution in [0.1, 0.15) is 19.8 Å². The molecule has 0 radical (unpaired) electrons. The Morgan fingerprint density at radius 3 is 2.57 bits per heavy atom. The largest absolute Gasteiger partial charge is 0.359 e. The second-order valence-corrected chi connectivity index (χ2v) is 4.48. The number of hydrogen-bond acceptors (Lipinski definition) is 4. The number of imide groups is 1. The van der Waals surface area contributed by atoms with Gasteiger partial charge in [0.05, 0.1) is 11.6 Å². The van der Waals surface area contributed by atoms with Gasteiger partial charge in [-0.1, -0.05) is 18.7 Å². The molecule has 0 spiro atoms. The van der Waals surface area contributed by atoms with Gasteiger partial charge in [-0.2, -0.15) is 0 Å². The van der Waals surface area contributed by atoms with E-state index in [1.807, 2.05) is 0 Å². The predicted octanol–water partition coefficient (Wildman–Crippen LogP) is 0.508. The Kier molecular flexibility index (Phi) is 5.78. The number of carbonyl (C=O) groups excluding carboxylic acids is 4. The van der Waals surface area contributed by atoms with Crippen LogP contribution in [0.25, 0.3) is 0 Å². The van der Waals surface area contributed by atoms with E-state index in [2.05, 4.69) is 11.9 Å². The topological polar surface area (TPSA) is 83.6 Å². The van der Waals surface area contributed by atoms with Gasteiger partial charge in [0.2, 0.25) is 5.91 Å². The molecule has 1 saturated heterocycles. The Morgan fingerprint density at radius 1 is 1.38 bits per heavy atom. The van der Waals surface area contributed by atoms with Gasteiger partial charge in [-0.3, -0.25) is 19.3 Å². The quantitative estimate of drug-likeness (QED) is 0.439. The molecule has 0 aromatic carbocycles. The molecule has 1 aliphatic heterocycles. The standard InChI is InChI=1S/C15H18N2O4/c1-4-5-6-12-10(2)14(20)17(15(12)21)11(9-18)7-8-13(19)16-3/h4-6,9,11H,2,7-8H2,1,3H3,(H,16,19)/b5-4-,12-6+. The van der Waals surface area contributed by atoms with Crippen LogP contribution in [0.3, 0.4) is 0 Å². The molecule has 6 heteroatoms. The normalized spacial score (nSPS) is 18.7. The highest BCUT2D eigenvalue weighted by atomic mass is 16.2.